The van der Waals surface area contributed by atoms with Crippen molar-refractivity contribution in [1.29, 1.82) is 0 Å². The van der Waals surface area contributed by atoms with Crippen LogP contribution in [-0.4, -0.2) is 97.5 Å². The molecule has 2 aliphatic heterocycles. The monoisotopic (exact) mass is 539 g/mol. The van der Waals surface area contributed by atoms with E-state index < -0.39 is 11.7 Å². The van der Waals surface area contributed by atoms with E-state index in [1.165, 1.54) is 4.90 Å². The fraction of sp³-hybridized carbons (Fsp3) is 0.500. The van der Waals surface area contributed by atoms with Crippen molar-refractivity contribution in [1.82, 2.24) is 29.3 Å². The highest BCUT2D eigenvalue weighted by atomic mass is 16.6. The number of aromatic nitrogens is 3. The topological polar surface area (TPSA) is 153 Å². The number of urea groups is 1. The Hall–Kier alpha value is -4.29. The molecule has 3 N–H and O–H groups in total. The predicted molar refractivity (Wildman–Crippen MR) is 143 cm³/mol. The van der Waals surface area contributed by atoms with E-state index in [1.807, 2.05) is 26.8 Å². The Morgan fingerprint density at radius 3 is 2.33 bits per heavy atom. The van der Waals surface area contributed by atoms with E-state index in [1.54, 1.807) is 32.5 Å². The number of nitrogens with zero attached hydrogens (tertiary/aromatic N) is 5. The van der Waals surface area contributed by atoms with Gasteiger partial charge in [-0.2, -0.15) is 5.10 Å². The zero-order valence-corrected chi connectivity index (χ0v) is 22.3. The van der Waals surface area contributed by atoms with Crippen LogP contribution in [0.5, 0.6) is 0 Å². The lowest BCUT2D eigenvalue weighted by Crippen LogP contribution is -2.51. The highest BCUT2D eigenvalue weighted by Gasteiger charge is 2.30. The van der Waals surface area contributed by atoms with Gasteiger partial charge in [0.05, 0.1) is 22.3 Å². The minimum atomic E-state index is -0.999. The first kappa shape index (κ1) is 26.3. The van der Waals surface area contributed by atoms with Crippen LogP contribution in [0, 0.1) is 0 Å². The second kappa shape index (κ2) is 10.1. The molecule has 0 aliphatic carbocycles. The van der Waals surface area contributed by atoms with Gasteiger partial charge in [-0.05, 0) is 45.7 Å². The molecule has 13 nitrogen and oxygen atoms in total. The summed E-state index contributed by atoms with van der Waals surface area (Å²) in [5, 5.41) is 17.4. The summed E-state index contributed by atoms with van der Waals surface area (Å²) in [6, 6.07) is 6.55. The Bertz CT molecular complexity index is 1470. The molecule has 4 amide bonds. The van der Waals surface area contributed by atoms with E-state index in [9.17, 15) is 19.2 Å². The number of aromatic amines is 1. The molecule has 3 aromatic rings. The Morgan fingerprint density at radius 2 is 1.69 bits per heavy atom. The van der Waals surface area contributed by atoms with Crippen LogP contribution in [0.2, 0.25) is 0 Å². The maximum Gasteiger partial charge on any atom is 0.410 e. The standard InChI is InChI=1S/C26H33N7O6/c1-26(2,3)39-25(38)32-9-7-16(8-10-32)19-15-20(34)28-22-21-17(5-4-6-18(21)29-33(19)22)27-23(35)30-11-13-31(14-12-30)24(36)37/h4-6,15-16H,7-14H2,1-3H3,(H,27,35)(H,28,34)(H,36,37). The summed E-state index contributed by atoms with van der Waals surface area (Å²) in [6.07, 6.45) is -0.0344. The Labute approximate surface area is 224 Å². The number of likely N-dealkylation sites (tertiary alicyclic amines) is 1. The molecule has 2 fully saturated rings. The molecular formula is C26H33N7O6. The Morgan fingerprint density at radius 1 is 1.03 bits per heavy atom. The number of amides is 4. The number of hydrogen-bond donors (Lipinski definition) is 3. The quantitative estimate of drug-likeness (QED) is 0.452. The molecule has 0 atom stereocenters. The first-order valence-corrected chi connectivity index (χ1v) is 13.1. The molecule has 0 spiro atoms. The van der Waals surface area contributed by atoms with Crippen LogP contribution in [0.1, 0.15) is 45.2 Å². The van der Waals surface area contributed by atoms with Crippen molar-refractivity contribution in [3.63, 3.8) is 0 Å². The molecule has 2 aliphatic rings. The number of nitrogens with one attached hydrogen (secondary N) is 2. The van der Waals surface area contributed by atoms with E-state index in [-0.39, 0.29) is 49.8 Å². The van der Waals surface area contributed by atoms with Crippen LogP contribution in [-0.2, 0) is 4.74 Å². The van der Waals surface area contributed by atoms with Gasteiger partial charge in [0.15, 0.2) is 0 Å². The zero-order chi connectivity index (χ0) is 27.9. The van der Waals surface area contributed by atoms with Gasteiger partial charge in [-0.3, -0.25) is 4.79 Å². The summed E-state index contributed by atoms with van der Waals surface area (Å²) in [7, 11) is 0. The molecule has 0 unspecified atom stereocenters. The lowest BCUT2D eigenvalue weighted by atomic mass is 9.93. The number of piperazine rings is 1. The van der Waals surface area contributed by atoms with Gasteiger partial charge in [0.25, 0.3) is 5.56 Å². The van der Waals surface area contributed by atoms with Gasteiger partial charge in [0, 0.05) is 51.3 Å². The van der Waals surface area contributed by atoms with Crippen LogP contribution < -0.4 is 10.9 Å². The number of carboxylic acid groups (broad SMARTS) is 1. The summed E-state index contributed by atoms with van der Waals surface area (Å²) in [5.74, 6) is 0.00590. The molecule has 39 heavy (non-hydrogen) atoms. The van der Waals surface area contributed by atoms with Crippen LogP contribution in [0.4, 0.5) is 20.1 Å². The molecule has 1 aromatic carbocycles. The van der Waals surface area contributed by atoms with E-state index in [0.29, 0.717) is 48.2 Å². The van der Waals surface area contributed by atoms with Crippen molar-refractivity contribution in [3.8, 4) is 0 Å². The van der Waals surface area contributed by atoms with Crippen molar-refractivity contribution in [2.45, 2.75) is 45.1 Å². The molecular weight excluding hydrogens is 506 g/mol. The summed E-state index contributed by atoms with van der Waals surface area (Å²) in [6.45, 7) is 7.57. The average Bonchev–Trinajstić information content (AvgIpc) is 3.26. The maximum atomic E-state index is 13.0. The van der Waals surface area contributed by atoms with E-state index in [0.717, 1.165) is 5.69 Å². The first-order valence-electron chi connectivity index (χ1n) is 13.1. The highest BCUT2D eigenvalue weighted by Crippen LogP contribution is 2.32. The first-order chi connectivity index (χ1) is 18.5. The van der Waals surface area contributed by atoms with Crippen LogP contribution in [0.25, 0.3) is 16.6 Å². The van der Waals surface area contributed by atoms with Gasteiger partial charge >= 0.3 is 18.2 Å². The normalized spacial score (nSPS) is 17.1. The Balaban J connectivity index is 1.39. The fourth-order valence-corrected chi connectivity index (χ4v) is 5.16. The zero-order valence-electron chi connectivity index (χ0n) is 22.3. The van der Waals surface area contributed by atoms with Gasteiger partial charge in [-0.15, -0.1) is 0 Å². The van der Waals surface area contributed by atoms with E-state index in [2.05, 4.69) is 10.3 Å². The average molecular weight is 540 g/mol. The highest BCUT2D eigenvalue weighted by molar-refractivity contribution is 6.07. The van der Waals surface area contributed by atoms with Crippen molar-refractivity contribution < 1.29 is 24.2 Å². The third kappa shape index (κ3) is 5.47. The number of benzene rings is 1. The number of rotatable bonds is 2. The van der Waals surface area contributed by atoms with Crippen LogP contribution in [0.3, 0.4) is 0 Å². The van der Waals surface area contributed by atoms with Crippen molar-refractivity contribution >= 4 is 40.5 Å². The molecule has 208 valence electrons. The van der Waals surface area contributed by atoms with Crippen molar-refractivity contribution in [2.75, 3.05) is 44.6 Å². The molecule has 2 saturated heterocycles. The fourth-order valence-electron chi connectivity index (χ4n) is 5.16. The second-order valence-electron chi connectivity index (χ2n) is 10.9. The predicted octanol–water partition coefficient (Wildman–Crippen LogP) is 3.12. The number of hydrogen-bond acceptors (Lipinski definition) is 6. The molecule has 0 bridgehead atoms. The summed E-state index contributed by atoms with van der Waals surface area (Å²) in [5.41, 5.74) is 1.49. The molecule has 13 heteroatoms. The van der Waals surface area contributed by atoms with E-state index in [4.69, 9.17) is 14.9 Å². The second-order valence-corrected chi connectivity index (χ2v) is 10.9. The molecule has 0 saturated carbocycles. The number of carbonyl (C=O) groups is 3. The van der Waals surface area contributed by atoms with Crippen LogP contribution >= 0.6 is 0 Å². The third-order valence-corrected chi connectivity index (χ3v) is 7.11. The van der Waals surface area contributed by atoms with Gasteiger partial charge in [0.1, 0.15) is 11.2 Å². The molecule has 5 rings (SSSR count). The number of carbonyl (C=O) groups excluding carboxylic acids is 2. The van der Waals surface area contributed by atoms with Gasteiger partial charge in [-0.25, -0.2) is 18.9 Å². The van der Waals surface area contributed by atoms with E-state index >= 15 is 0 Å². The largest absolute Gasteiger partial charge is 0.465 e. The maximum absolute atomic E-state index is 13.0. The molecule has 0 radical (unpaired) electrons. The summed E-state index contributed by atoms with van der Waals surface area (Å²) in [4.78, 5) is 56.8. The summed E-state index contributed by atoms with van der Waals surface area (Å²) < 4.78 is 7.22. The van der Waals surface area contributed by atoms with Crippen molar-refractivity contribution in [2.24, 2.45) is 0 Å². The smallest absolute Gasteiger partial charge is 0.410 e. The Kier molecular flexibility index (Phi) is 6.83. The summed E-state index contributed by atoms with van der Waals surface area (Å²) >= 11 is 0. The minimum Gasteiger partial charge on any atom is -0.465 e. The van der Waals surface area contributed by atoms with Gasteiger partial charge < -0.3 is 34.8 Å². The third-order valence-electron chi connectivity index (χ3n) is 7.11. The number of ether oxygens (including phenoxy) is 1. The molecule has 2 aromatic heterocycles. The van der Waals surface area contributed by atoms with Crippen LogP contribution in [0.15, 0.2) is 29.1 Å². The number of piperidine rings is 1. The van der Waals surface area contributed by atoms with Crippen molar-refractivity contribution in [3.05, 3.63) is 40.3 Å². The number of H-pyrrole nitrogens is 1. The molecule has 4 heterocycles. The van der Waals surface area contributed by atoms with Gasteiger partial charge in [-0.1, -0.05) is 6.07 Å². The number of anilines is 1. The number of fused-ring (bicyclic) bond motifs is 3. The lowest BCUT2D eigenvalue weighted by Gasteiger charge is -2.33. The minimum absolute atomic E-state index is 0.00590. The van der Waals surface area contributed by atoms with Gasteiger partial charge in [0.2, 0.25) is 0 Å². The lowest BCUT2D eigenvalue weighted by molar-refractivity contribution is 0.0203. The SMILES string of the molecule is CC(C)(C)OC(=O)N1CCC(c2cc(=O)[nH]c3c4c(NC(=O)N5CCN(C(=O)O)CC5)cccc4nn23)CC1.